The monoisotopic (exact) mass is 540 g/mol. The first kappa shape index (κ1) is 27.7. The Morgan fingerprint density at radius 1 is 0.974 bits per heavy atom. The Hall–Kier alpha value is -4.32. The molecule has 1 aliphatic heterocycles. The van der Waals surface area contributed by atoms with Crippen molar-refractivity contribution in [3.05, 3.63) is 57.2 Å². The number of amides is 2. The van der Waals surface area contributed by atoms with Crippen LogP contribution < -0.4 is 36.1 Å². The van der Waals surface area contributed by atoms with Crippen LogP contribution in [-0.4, -0.2) is 61.5 Å². The number of methoxy groups -OCH3 is 3. The fourth-order valence-corrected chi connectivity index (χ4v) is 4.51. The minimum atomic E-state index is -0.734. The van der Waals surface area contributed by atoms with Gasteiger partial charge in [-0.2, -0.15) is 0 Å². The quantitative estimate of drug-likeness (QED) is 0.373. The summed E-state index contributed by atoms with van der Waals surface area (Å²) >= 11 is 0. The number of rotatable bonds is 11. The molecule has 2 N–H and O–H groups in total. The molecule has 39 heavy (non-hydrogen) atoms. The van der Waals surface area contributed by atoms with Crippen LogP contribution in [0.5, 0.6) is 17.2 Å². The highest BCUT2D eigenvalue weighted by Crippen LogP contribution is 2.30. The summed E-state index contributed by atoms with van der Waals surface area (Å²) in [5.74, 6) is 0.191. The molecule has 0 radical (unpaired) electrons. The zero-order valence-electron chi connectivity index (χ0n) is 22.2. The highest BCUT2D eigenvalue weighted by Gasteiger charge is 2.21. The Labute approximate surface area is 224 Å². The van der Waals surface area contributed by atoms with Gasteiger partial charge in [-0.15, -0.1) is 0 Å². The lowest BCUT2D eigenvalue weighted by atomic mass is 10.2. The number of hydrogen-bond donors (Lipinski definition) is 2. The first-order valence-electron chi connectivity index (χ1n) is 12.6. The van der Waals surface area contributed by atoms with E-state index in [0.29, 0.717) is 24.6 Å². The summed E-state index contributed by atoms with van der Waals surface area (Å²) in [6.45, 7) is 0.461. The maximum Gasteiger partial charge on any atom is 0.331 e. The maximum absolute atomic E-state index is 13.5. The third-order valence-corrected chi connectivity index (χ3v) is 6.53. The van der Waals surface area contributed by atoms with Crippen LogP contribution in [0.25, 0.3) is 10.9 Å². The van der Waals surface area contributed by atoms with Crippen LogP contribution in [0.1, 0.15) is 19.3 Å². The number of nitrogens with zero attached hydrogens (tertiary/aromatic N) is 2. The highest BCUT2D eigenvalue weighted by molar-refractivity contribution is 5.93. The van der Waals surface area contributed by atoms with Gasteiger partial charge in [-0.3, -0.25) is 23.5 Å². The Kier molecular flexibility index (Phi) is 8.87. The molecule has 0 unspecified atom stereocenters. The Morgan fingerprint density at radius 2 is 1.69 bits per heavy atom. The molecule has 0 spiro atoms. The van der Waals surface area contributed by atoms with E-state index in [2.05, 4.69) is 10.6 Å². The highest BCUT2D eigenvalue weighted by atomic mass is 16.5. The van der Waals surface area contributed by atoms with Crippen LogP contribution in [0.15, 0.2) is 46.0 Å². The predicted molar refractivity (Wildman–Crippen MR) is 144 cm³/mol. The molecule has 0 saturated carbocycles. The molecule has 1 saturated heterocycles. The molecule has 12 nitrogen and oxygen atoms in total. The van der Waals surface area contributed by atoms with Crippen molar-refractivity contribution in [2.45, 2.75) is 38.5 Å². The maximum atomic E-state index is 13.5. The van der Waals surface area contributed by atoms with Crippen LogP contribution in [0, 0.1) is 0 Å². The molecule has 1 aromatic heterocycles. The third kappa shape index (κ3) is 6.23. The molecular weight excluding hydrogens is 508 g/mol. The Morgan fingerprint density at radius 3 is 2.38 bits per heavy atom. The van der Waals surface area contributed by atoms with Crippen LogP contribution in [0.4, 0.5) is 5.69 Å². The van der Waals surface area contributed by atoms with Gasteiger partial charge >= 0.3 is 5.69 Å². The van der Waals surface area contributed by atoms with E-state index in [-0.39, 0.29) is 47.4 Å². The lowest BCUT2D eigenvalue weighted by Crippen LogP contribution is -2.43. The number of carbonyl (C=O) groups excluding carboxylic acids is 2. The van der Waals surface area contributed by atoms with Gasteiger partial charge in [0.2, 0.25) is 11.8 Å². The predicted octanol–water partition coefficient (Wildman–Crippen LogP) is 1.51. The van der Waals surface area contributed by atoms with E-state index in [1.54, 1.807) is 24.3 Å². The van der Waals surface area contributed by atoms with E-state index in [0.717, 1.165) is 17.4 Å². The van der Waals surface area contributed by atoms with E-state index in [4.69, 9.17) is 18.9 Å². The standard InChI is InChI=1S/C27H32N4O8/c1-36-21-9-5-4-8-19(21)29-25(33)16-31-20-14-23(38-3)22(37-2)13-18(20)26(34)30(27(31)35)11-10-24(32)28-15-17-7-6-12-39-17/h4-5,8-9,13-14,17H,6-7,10-12,15-16H2,1-3H3,(H,28,32)(H,29,33)/t17-/m0/s1. The summed E-state index contributed by atoms with van der Waals surface area (Å²) in [4.78, 5) is 52.5. The van der Waals surface area contributed by atoms with Gasteiger partial charge in [0, 0.05) is 32.2 Å². The van der Waals surface area contributed by atoms with Crippen molar-refractivity contribution in [2.75, 3.05) is 39.8 Å². The second kappa shape index (κ2) is 12.5. The topological polar surface area (TPSA) is 139 Å². The molecule has 12 heteroatoms. The average molecular weight is 541 g/mol. The summed E-state index contributed by atoms with van der Waals surface area (Å²) in [7, 11) is 4.34. The van der Waals surface area contributed by atoms with E-state index in [1.165, 1.54) is 38.0 Å². The van der Waals surface area contributed by atoms with Crippen molar-refractivity contribution in [3.8, 4) is 17.2 Å². The number of para-hydroxylation sites is 2. The zero-order valence-corrected chi connectivity index (χ0v) is 22.2. The SMILES string of the molecule is COc1ccccc1NC(=O)Cn1c(=O)n(CCC(=O)NC[C@@H]2CCCO2)c(=O)c2cc(OC)c(OC)cc21. The van der Waals surface area contributed by atoms with Gasteiger partial charge < -0.3 is 29.6 Å². The van der Waals surface area contributed by atoms with E-state index < -0.39 is 23.7 Å². The van der Waals surface area contributed by atoms with Crippen LogP contribution in [0.3, 0.4) is 0 Å². The van der Waals surface area contributed by atoms with Crippen molar-refractivity contribution in [1.29, 1.82) is 0 Å². The number of aromatic nitrogens is 2. The van der Waals surface area contributed by atoms with E-state index in [9.17, 15) is 19.2 Å². The van der Waals surface area contributed by atoms with Gasteiger partial charge in [-0.05, 0) is 31.0 Å². The molecule has 1 atom stereocenters. The van der Waals surface area contributed by atoms with Gasteiger partial charge in [-0.25, -0.2) is 4.79 Å². The van der Waals surface area contributed by atoms with Crippen LogP contribution >= 0.6 is 0 Å². The van der Waals surface area contributed by atoms with E-state index >= 15 is 0 Å². The largest absolute Gasteiger partial charge is 0.495 e. The molecular formula is C27H32N4O8. The first-order chi connectivity index (χ1) is 18.9. The summed E-state index contributed by atoms with van der Waals surface area (Å²) < 4.78 is 23.6. The third-order valence-electron chi connectivity index (χ3n) is 6.53. The fraction of sp³-hybridized carbons (Fsp3) is 0.407. The Balaban J connectivity index is 1.67. The second-order valence-electron chi connectivity index (χ2n) is 8.99. The lowest BCUT2D eigenvalue weighted by molar-refractivity contribution is -0.122. The molecule has 1 aliphatic rings. The summed E-state index contributed by atoms with van der Waals surface area (Å²) in [5, 5.41) is 5.66. The minimum Gasteiger partial charge on any atom is -0.495 e. The van der Waals surface area contributed by atoms with Crippen molar-refractivity contribution in [3.63, 3.8) is 0 Å². The lowest BCUT2D eigenvalue weighted by Gasteiger charge is -2.17. The van der Waals surface area contributed by atoms with Crippen molar-refractivity contribution >= 4 is 28.4 Å². The van der Waals surface area contributed by atoms with E-state index in [1.807, 2.05) is 0 Å². The van der Waals surface area contributed by atoms with Crippen molar-refractivity contribution in [2.24, 2.45) is 0 Å². The van der Waals surface area contributed by atoms with Gasteiger partial charge in [0.05, 0.1) is 44.0 Å². The summed E-state index contributed by atoms with van der Waals surface area (Å²) in [6, 6.07) is 9.80. The number of ether oxygens (including phenoxy) is 4. The van der Waals surface area contributed by atoms with Crippen LogP contribution in [0.2, 0.25) is 0 Å². The van der Waals surface area contributed by atoms with Gasteiger partial charge in [0.1, 0.15) is 12.3 Å². The number of nitrogens with one attached hydrogen (secondary N) is 2. The van der Waals surface area contributed by atoms with Crippen molar-refractivity contribution in [1.82, 2.24) is 14.5 Å². The van der Waals surface area contributed by atoms with Gasteiger partial charge in [-0.1, -0.05) is 12.1 Å². The van der Waals surface area contributed by atoms with Gasteiger partial charge in [0.15, 0.2) is 11.5 Å². The minimum absolute atomic E-state index is 0.0289. The summed E-state index contributed by atoms with van der Waals surface area (Å²) in [6.07, 6.45) is 1.69. The molecule has 2 heterocycles. The molecule has 208 valence electrons. The zero-order chi connectivity index (χ0) is 27.9. The van der Waals surface area contributed by atoms with Gasteiger partial charge in [0.25, 0.3) is 5.56 Å². The summed E-state index contributed by atoms with van der Waals surface area (Å²) in [5.41, 5.74) is -0.721. The molecule has 2 amide bonds. The van der Waals surface area contributed by atoms with Crippen molar-refractivity contribution < 1.29 is 28.5 Å². The molecule has 3 aromatic rings. The van der Waals surface area contributed by atoms with Crippen LogP contribution in [-0.2, 0) is 27.4 Å². The number of fused-ring (bicyclic) bond motifs is 1. The fourth-order valence-electron chi connectivity index (χ4n) is 4.51. The number of benzene rings is 2. The molecule has 0 aliphatic carbocycles. The average Bonchev–Trinajstić information content (AvgIpc) is 3.47. The first-order valence-corrected chi connectivity index (χ1v) is 12.6. The number of anilines is 1. The molecule has 1 fully saturated rings. The smallest absolute Gasteiger partial charge is 0.331 e. The normalized spacial score (nSPS) is 14.7. The number of hydrogen-bond acceptors (Lipinski definition) is 8. The number of carbonyl (C=O) groups is 2. The molecule has 0 bridgehead atoms. The Bertz CT molecular complexity index is 1470. The molecule has 2 aromatic carbocycles. The second-order valence-corrected chi connectivity index (χ2v) is 8.99. The molecule has 4 rings (SSSR count).